The molecule has 0 bridgehead atoms. The lowest BCUT2D eigenvalue weighted by atomic mass is 10.0. The van der Waals surface area contributed by atoms with Gasteiger partial charge in [-0.25, -0.2) is 4.79 Å². The Morgan fingerprint density at radius 2 is 1.52 bits per heavy atom. The van der Waals surface area contributed by atoms with Gasteiger partial charge in [-0.15, -0.1) is 0 Å². The minimum Gasteiger partial charge on any atom is -0.463 e. The van der Waals surface area contributed by atoms with Gasteiger partial charge >= 0.3 is 24.0 Å². The molecule has 29 heavy (non-hydrogen) atoms. The van der Waals surface area contributed by atoms with Crippen molar-refractivity contribution in [1.82, 2.24) is 5.32 Å². The minimum absolute atomic E-state index is 0.597. The van der Waals surface area contributed by atoms with E-state index in [0.717, 1.165) is 27.0 Å². The first kappa shape index (κ1) is 26.1. The summed E-state index contributed by atoms with van der Waals surface area (Å²) in [5.41, 5.74) is -0.869. The van der Waals surface area contributed by atoms with Crippen molar-refractivity contribution in [3.05, 3.63) is 0 Å². The molecule has 0 fully saturated rings. The maximum absolute atomic E-state index is 12.1. The number of carbonyl (C=O) groups excluding carboxylic acids is 4. The van der Waals surface area contributed by atoms with E-state index in [-0.39, 0.29) is 0 Å². The Bertz CT molecular complexity index is 614. The lowest BCUT2D eigenvalue weighted by molar-refractivity contribution is -0.180. The van der Waals surface area contributed by atoms with Crippen molar-refractivity contribution in [3.8, 4) is 0 Å². The molecule has 0 saturated heterocycles. The highest BCUT2D eigenvalue weighted by Crippen LogP contribution is 2.16. The summed E-state index contributed by atoms with van der Waals surface area (Å²) in [5, 5.41) is 24.4. The number of aliphatic hydroxyl groups is 1. The monoisotopic (exact) mass is 420 g/mol. The van der Waals surface area contributed by atoms with Crippen molar-refractivity contribution >= 4 is 30.2 Å². The number of aliphatic hydroxyl groups excluding tert-OH is 1. The molecule has 0 aliphatic carbocycles. The third kappa shape index (κ3) is 11.5. The van der Waals surface area contributed by atoms with Crippen LogP contribution in [0.1, 0.15) is 41.5 Å². The molecule has 1 amide bonds. The van der Waals surface area contributed by atoms with Crippen molar-refractivity contribution in [2.75, 3.05) is 6.61 Å². The predicted octanol–water partition coefficient (Wildman–Crippen LogP) is 0.127. The number of hydrogen-bond acceptors (Lipinski definition) is 11. The number of esters is 3. The van der Waals surface area contributed by atoms with E-state index in [2.05, 4.69) is 10.5 Å². The molecule has 0 aliphatic rings. The number of rotatable bonds is 9. The highest BCUT2D eigenvalue weighted by atomic mass is 16.6. The van der Waals surface area contributed by atoms with Crippen LogP contribution in [-0.4, -0.2) is 77.1 Å². The lowest BCUT2D eigenvalue weighted by Crippen LogP contribution is -2.57. The summed E-state index contributed by atoms with van der Waals surface area (Å²) < 4.78 is 19.9. The number of amides is 1. The first-order valence-corrected chi connectivity index (χ1v) is 8.59. The Hall–Kier alpha value is -2.89. The Morgan fingerprint density at radius 1 is 1.00 bits per heavy atom. The van der Waals surface area contributed by atoms with Crippen molar-refractivity contribution < 1.29 is 48.4 Å². The summed E-state index contributed by atoms with van der Waals surface area (Å²) in [6, 6.07) is -1.38. The van der Waals surface area contributed by atoms with Gasteiger partial charge in [0.25, 0.3) is 0 Å². The molecule has 4 atom stereocenters. The van der Waals surface area contributed by atoms with Crippen LogP contribution in [0, 0.1) is 0 Å². The van der Waals surface area contributed by atoms with Crippen LogP contribution in [0.3, 0.4) is 0 Å². The summed E-state index contributed by atoms with van der Waals surface area (Å²) in [5.74, 6) is -2.42. The number of carbonyl (C=O) groups is 4. The fourth-order valence-electron chi connectivity index (χ4n) is 2.11. The molecule has 0 radical (unpaired) electrons. The fraction of sp³-hybridized carbons (Fsp3) is 0.706. The van der Waals surface area contributed by atoms with Gasteiger partial charge in [-0.05, 0) is 20.8 Å². The second-order valence-electron chi connectivity index (χ2n) is 6.95. The van der Waals surface area contributed by atoms with Gasteiger partial charge in [-0.3, -0.25) is 14.4 Å². The van der Waals surface area contributed by atoms with E-state index in [4.69, 9.17) is 24.2 Å². The quantitative estimate of drug-likeness (QED) is 0.153. The SMILES string of the molecule is CC(=O)OC[C@@H](O)[C@@H](OC(C)=O)[C@H](OC(C)=O)[C@H](/C=N/O)NC(=O)OC(C)(C)C. The van der Waals surface area contributed by atoms with Crippen LogP contribution < -0.4 is 5.32 Å². The van der Waals surface area contributed by atoms with Crippen molar-refractivity contribution in [2.45, 2.75) is 71.5 Å². The van der Waals surface area contributed by atoms with Crippen LogP contribution in [-0.2, 0) is 33.3 Å². The minimum atomic E-state index is -1.64. The zero-order valence-electron chi connectivity index (χ0n) is 17.2. The standard InChI is InChI=1S/C17H28N2O10/c1-9(20)26-8-13(23)15(28-11(3)22)14(27-10(2)21)12(7-18-25)19-16(24)29-17(4,5)6/h7,12-15,23,25H,8H2,1-6H3,(H,19,24)/b18-7+/t12-,13+,14+,15+/m0/s1. The van der Waals surface area contributed by atoms with Gasteiger partial charge in [0, 0.05) is 20.8 Å². The number of hydrogen-bond donors (Lipinski definition) is 3. The zero-order chi connectivity index (χ0) is 22.8. The molecule has 0 heterocycles. The Labute approximate surface area is 168 Å². The molecule has 0 unspecified atom stereocenters. The fourth-order valence-corrected chi connectivity index (χ4v) is 2.11. The summed E-state index contributed by atoms with van der Waals surface area (Å²) in [7, 11) is 0. The van der Waals surface area contributed by atoms with E-state index in [9.17, 15) is 24.3 Å². The summed E-state index contributed by atoms with van der Waals surface area (Å²) in [4.78, 5) is 46.2. The van der Waals surface area contributed by atoms with Gasteiger partial charge in [0.15, 0.2) is 12.2 Å². The Balaban J connectivity index is 5.85. The maximum atomic E-state index is 12.1. The van der Waals surface area contributed by atoms with Crippen molar-refractivity contribution in [2.24, 2.45) is 5.16 Å². The van der Waals surface area contributed by atoms with E-state index in [1.807, 2.05) is 0 Å². The molecular formula is C17H28N2O10. The Kier molecular flexibility index (Phi) is 10.7. The Morgan fingerprint density at radius 3 is 1.93 bits per heavy atom. The van der Waals surface area contributed by atoms with E-state index < -0.39 is 60.6 Å². The highest BCUT2D eigenvalue weighted by molar-refractivity contribution is 5.77. The third-order valence-corrected chi connectivity index (χ3v) is 3.03. The molecule has 3 N–H and O–H groups in total. The molecule has 12 nitrogen and oxygen atoms in total. The first-order valence-electron chi connectivity index (χ1n) is 8.59. The van der Waals surface area contributed by atoms with E-state index in [1.54, 1.807) is 20.8 Å². The summed E-state index contributed by atoms with van der Waals surface area (Å²) in [6.45, 7) is 7.40. The molecule has 0 aromatic rings. The topological polar surface area (TPSA) is 170 Å². The van der Waals surface area contributed by atoms with Gasteiger partial charge in [0.05, 0.1) is 6.21 Å². The molecule has 0 rings (SSSR count). The van der Waals surface area contributed by atoms with E-state index in [1.165, 1.54) is 0 Å². The van der Waals surface area contributed by atoms with Crippen LogP contribution >= 0.6 is 0 Å². The zero-order valence-corrected chi connectivity index (χ0v) is 17.2. The molecule has 0 aromatic heterocycles. The molecule has 166 valence electrons. The molecule has 12 heteroatoms. The lowest BCUT2D eigenvalue weighted by Gasteiger charge is -2.33. The molecule has 0 aliphatic heterocycles. The number of ether oxygens (including phenoxy) is 4. The average Bonchev–Trinajstić information content (AvgIpc) is 2.53. The number of nitrogens with one attached hydrogen (secondary N) is 1. The van der Waals surface area contributed by atoms with Gasteiger partial charge < -0.3 is 34.6 Å². The predicted molar refractivity (Wildman–Crippen MR) is 97.2 cm³/mol. The van der Waals surface area contributed by atoms with Gasteiger partial charge in [-0.1, -0.05) is 5.16 Å². The van der Waals surface area contributed by atoms with Crippen molar-refractivity contribution in [1.29, 1.82) is 0 Å². The maximum Gasteiger partial charge on any atom is 0.408 e. The largest absolute Gasteiger partial charge is 0.463 e. The normalized spacial score (nSPS) is 15.6. The van der Waals surface area contributed by atoms with Gasteiger partial charge in [0.1, 0.15) is 24.4 Å². The van der Waals surface area contributed by atoms with Gasteiger partial charge in [-0.2, -0.15) is 0 Å². The number of nitrogens with zero attached hydrogens (tertiary/aromatic N) is 1. The van der Waals surface area contributed by atoms with Crippen molar-refractivity contribution in [3.63, 3.8) is 0 Å². The molecular weight excluding hydrogens is 392 g/mol. The third-order valence-electron chi connectivity index (χ3n) is 3.03. The van der Waals surface area contributed by atoms with E-state index >= 15 is 0 Å². The second kappa shape index (κ2) is 11.8. The molecule has 0 aromatic carbocycles. The van der Waals surface area contributed by atoms with E-state index in [0.29, 0.717) is 0 Å². The van der Waals surface area contributed by atoms with Crippen LogP contribution in [0.15, 0.2) is 5.16 Å². The van der Waals surface area contributed by atoms with Crippen LogP contribution in [0.2, 0.25) is 0 Å². The van der Waals surface area contributed by atoms with Gasteiger partial charge in [0.2, 0.25) is 0 Å². The first-order chi connectivity index (χ1) is 13.3. The average molecular weight is 420 g/mol. The van der Waals surface area contributed by atoms with Crippen LogP contribution in [0.5, 0.6) is 0 Å². The molecule has 0 saturated carbocycles. The summed E-state index contributed by atoms with van der Waals surface area (Å²) in [6.07, 6.45) is -4.95. The van der Waals surface area contributed by atoms with Crippen LogP contribution in [0.25, 0.3) is 0 Å². The van der Waals surface area contributed by atoms with Crippen LogP contribution in [0.4, 0.5) is 4.79 Å². The second-order valence-corrected chi connectivity index (χ2v) is 6.95. The smallest absolute Gasteiger partial charge is 0.408 e. The number of alkyl carbamates (subject to hydrolysis) is 1. The summed E-state index contributed by atoms with van der Waals surface area (Å²) >= 11 is 0. The highest BCUT2D eigenvalue weighted by Gasteiger charge is 2.40. The molecule has 0 spiro atoms. The number of oxime groups is 1.